The Balaban J connectivity index is 1.94. The topological polar surface area (TPSA) is 125 Å². The molecule has 5 rings (SSSR count). The molecule has 0 aliphatic carbocycles. The predicted molar refractivity (Wildman–Crippen MR) is 129 cm³/mol. The van der Waals surface area contributed by atoms with E-state index in [1.807, 2.05) is 41.3 Å². The number of hydrogen-bond acceptors (Lipinski definition) is 6. The minimum absolute atomic E-state index is 0.0613. The average Bonchev–Trinajstić information content (AvgIpc) is 2.82. The Morgan fingerprint density at radius 3 is 2.06 bits per heavy atom. The van der Waals surface area contributed by atoms with Crippen LogP contribution in [0.15, 0.2) is 88.8 Å². The highest BCUT2D eigenvalue weighted by molar-refractivity contribution is 7.89. The zero-order valence-corrected chi connectivity index (χ0v) is 19.2. The normalized spacial score (nSPS) is 13.8. The molecule has 34 heavy (non-hydrogen) atoms. The fraction of sp³-hybridized carbons (Fsp3) is 0.0417. The zero-order chi connectivity index (χ0) is 24.1. The highest BCUT2D eigenvalue weighted by Gasteiger charge is 2.33. The first-order valence-electron chi connectivity index (χ1n) is 10.2. The monoisotopic (exact) mass is 494 g/mol. The second kappa shape index (κ2) is 8.03. The molecule has 0 amide bonds. The van der Waals surface area contributed by atoms with Gasteiger partial charge in [-0.2, -0.15) is 16.8 Å². The summed E-state index contributed by atoms with van der Waals surface area (Å²) in [6, 6.07) is 21.2. The highest BCUT2D eigenvalue weighted by Crippen LogP contribution is 2.43. The van der Waals surface area contributed by atoms with Gasteiger partial charge in [-0.15, -0.1) is 0 Å². The summed E-state index contributed by atoms with van der Waals surface area (Å²) in [4.78, 5) is 5.12. The molecule has 0 fully saturated rings. The van der Waals surface area contributed by atoms with Crippen molar-refractivity contribution < 1.29 is 25.9 Å². The van der Waals surface area contributed by atoms with Crippen molar-refractivity contribution in [1.29, 1.82) is 0 Å². The van der Waals surface area contributed by atoms with Crippen LogP contribution in [0.3, 0.4) is 0 Å². The summed E-state index contributed by atoms with van der Waals surface area (Å²) in [5.74, 6) is 0. The second-order valence-corrected chi connectivity index (χ2v) is 10.4. The molecule has 0 atom stereocenters. The van der Waals surface area contributed by atoms with Crippen LogP contribution in [0, 0.1) is 0 Å². The van der Waals surface area contributed by atoms with Gasteiger partial charge in [0, 0.05) is 28.7 Å². The lowest BCUT2D eigenvalue weighted by Crippen LogP contribution is -2.21. The second-order valence-electron chi connectivity index (χ2n) is 7.68. The summed E-state index contributed by atoms with van der Waals surface area (Å²) in [6.07, 6.45) is 3.65. The van der Waals surface area contributed by atoms with E-state index in [9.17, 15) is 25.9 Å². The molecule has 1 aromatic heterocycles. The summed E-state index contributed by atoms with van der Waals surface area (Å²) in [7, 11) is -10.2. The molecule has 2 heterocycles. The molecule has 1 aliphatic rings. The van der Waals surface area contributed by atoms with Crippen molar-refractivity contribution in [2.75, 3.05) is 11.4 Å². The van der Waals surface area contributed by atoms with Crippen LogP contribution in [-0.2, 0) is 20.2 Å². The van der Waals surface area contributed by atoms with E-state index in [1.54, 1.807) is 48.5 Å². The highest BCUT2D eigenvalue weighted by atomic mass is 32.2. The van der Waals surface area contributed by atoms with Gasteiger partial charge in [-0.1, -0.05) is 66.7 Å². The molecule has 0 spiro atoms. The van der Waals surface area contributed by atoms with Crippen LogP contribution in [-0.4, -0.2) is 37.5 Å². The molecular weight excluding hydrogens is 476 g/mol. The number of rotatable bonds is 4. The third-order valence-electron chi connectivity index (χ3n) is 5.59. The molecule has 0 saturated carbocycles. The van der Waals surface area contributed by atoms with Crippen molar-refractivity contribution in [2.45, 2.75) is 9.92 Å². The van der Waals surface area contributed by atoms with Gasteiger partial charge >= 0.3 is 10.1 Å². The maximum absolute atomic E-state index is 12.4. The van der Waals surface area contributed by atoms with Gasteiger partial charge in [0.25, 0.3) is 10.1 Å². The van der Waals surface area contributed by atoms with E-state index in [1.165, 1.54) is 0 Å². The van der Waals surface area contributed by atoms with Crippen molar-refractivity contribution in [1.82, 2.24) is 4.98 Å². The van der Waals surface area contributed by atoms with Gasteiger partial charge in [0.15, 0.2) is 0 Å². The van der Waals surface area contributed by atoms with Crippen LogP contribution in [0.1, 0.15) is 5.56 Å². The Bertz CT molecular complexity index is 1670. The third kappa shape index (κ3) is 3.76. The summed E-state index contributed by atoms with van der Waals surface area (Å²) >= 11 is 0. The van der Waals surface area contributed by atoms with Crippen molar-refractivity contribution in [2.24, 2.45) is 0 Å². The Morgan fingerprint density at radius 2 is 1.44 bits per heavy atom. The van der Waals surface area contributed by atoms with E-state index in [0.717, 1.165) is 11.4 Å². The lowest BCUT2D eigenvalue weighted by molar-refractivity contribution is 0.463. The number of fused-ring (bicyclic) bond motifs is 3. The molecule has 1 aliphatic heterocycles. The number of hydrogen-bond donors (Lipinski definition) is 2. The predicted octanol–water partition coefficient (Wildman–Crippen LogP) is 4.56. The van der Waals surface area contributed by atoms with E-state index in [-0.39, 0.29) is 11.1 Å². The molecule has 2 N–H and O–H groups in total. The van der Waals surface area contributed by atoms with Crippen molar-refractivity contribution in [3.05, 3.63) is 84.4 Å². The van der Waals surface area contributed by atoms with Crippen LogP contribution in [0.2, 0.25) is 0 Å². The number of anilines is 2. The lowest BCUT2D eigenvalue weighted by atomic mass is 9.96. The maximum atomic E-state index is 12.4. The Morgan fingerprint density at radius 1 is 0.794 bits per heavy atom. The number of aromatic nitrogens is 1. The maximum Gasteiger partial charge on any atom is 0.313 e. The standard InChI is InChI=1S/C24H18N2O6S2/c27-33(28,29)23-21(16-8-3-1-4-9-16)19-13-14-20-18(22(19)25-24(23)34(30,31)32)12-7-15-26(20)17-10-5-2-6-11-17/h1-14H,15H2,(H,27,28,29)(H,30,31,32). The van der Waals surface area contributed by atoms with Gasteiger partial charge < -0.3 is 4.90 Å². The number of nitrogens with zero attached hydrogens (tertiary/aromatic N) is 2. The number of pyridine rings is 1. The molecule has 0 bridgehead atoms. The van der Waals surface area contributed by atoms with Gasteiger partial charge in [0.05, 0.1) is 11.2 Å². The quantitative estimate of drug-likeness (QED) is 0.396. The van der Waals surface area contributed by atoms with Crippen LogP contribution in [0.25, 0.3) is 28.1 Å². The van der Waals surface area contributed by atoms with Crippen LogP contribution in [0.5, 0.6) is 0 Å². The van der Waals surface area contributed by atoms with Gasteiger partial charge in [-0.05, 0) is 23.8 Å². The van der Waals surface area contributed by atoms with Crippen LogP contribution in [0.4, 0.5) is 11.4 Å². The summed E-state index contributed by atoms with van der Waals surface area (Å²) in [5.41, 5.74) is 2.64. The van der Waals surface area contributed by atoms with Gasteiger partial charge in [0.2, 0.25) is 5.03 Å². The van der Waals surface area contributed by atoms with E-state index in [4.69, 9.17) is 0 Å². The lowest BCUT2D eigenvalue weighted by Gasteiger charge is -2.29. The molecular formula is C24H18N2O6S2. The summed E-state index contributed by atoms with van der Waals surface area (Å²) in [5, 5.41) is -0.815. The third-order valence-corrected chi connectivity index (χ3v) is 7.42. The van der Waals surface area contributed by atoms with E-state index in [0.29, 0.717) is 23.1 Å². The largest absolute Gasteiger partial charge is 0.337 e. The minimum atomic E-state index is -5.12. The van der Waals surface area contributed by atoms with E-state index >= 15 is 0 Å². The fourth-order valence-electron chi connectivity index (χ4n) is 4.23. The van der Waals surface area contributed by atoms with Crippen molar-refractivity contribution in [3.8, 4) is 11.1 Å². The molecule has 0 radical (unpaired) electrons. The Labute approximate surface area is 196 Å². The van der Waals surface area contributed by atoms with Crippen molar-refractivity contribution in [3.63, 3.8) is 0 Å². The zero-order valence-electron chi connectivity index (χ0n) is 17.5. The molecule has 4 aromatic rings. The first-order valence-corrected chi connectivity index (χ1v) is 13.0. The van der Waals surface area contributed by atoms with Gasteiger partial charge in [0.1, 0.15) is 4.90 Å². The van der Waals surface area contributed by atoms with E-state index in [2.05, 4.69) is 4.98 Å². The molecule has 172 valence electrons. The first kappa shape index (κ1) is 22.2. The minimum Gasteiger partial charge on any atom is -0.337 e. The van der Waals surface area contributed by atoms with Gasteiger partial charge in [-0.25, -0.2) is 4.98 Å². The Hall–Kier alpha value is -3.57. The smallest absolute Gasteiger partial charge is 0.313 e. The summed E-state index contributed by atoms with van der Waals surface area (Å²) < 4.78 is 69.2. The number of para-hydroxylation sites is 1. The SMILES string of the molecule is O=S(=O)(O)c1nc2c3c(ccc2c(-c2ccccc2)c1S(=O)(=O)O)N(c1ccccc1)CC=C3. The molecule has 3 aromatic carbocycles. The number of benzene rings is 3. The molecule has 0 saturated heterocycles. The molecule has 0 unspecified atom stereocenters. The molecule has 10 heteroatoms. The fourth-order valence-corrected chi connectivity index (χ4v) is 6.16. The summed E-state index contributed by atoms with van der Waals surface area (Å²) in [6.45, 7) is 0.558. The molecule has 8 nitrogen and oxygen atoms in total. The van der Waals surface area contributed by atoms with E-state index < -0.39 is 30.2 Å². The van der Waals surface area contributed by atoms with Crippen LogP contribution >= 0.6 is 0 Å². The Kier molecular flexibility index (Phi) is 5.25. The first-order chi connectivity index (χ1) is 16.2. The van der Waals surface area contributed by atoms with Gasteiger partial charge in [-0.3, -0.25) is 9.11 Å². The average molecular weight is 495 g/mol. The van der Waals surface area contributed by atoms with Crippen molar-refractivity contribution >= 4 is 48.6 Å². The van der Waals surface area contributed by atoms with Crippen LogP contribution < -0.4 is 4.90 Å².